The number of rotatable bonds is 5. The van der Waals surface area contributed by atoms with E-state index in [2.05, 4.69) is 5.32 Å². The van der Waals surface area contributed by atoms with E-state index < -0.39 is 35.4 Å². The quantitative estimate of drug-likeness (QED) is 0.725. The summed E-state index contributed by atoms with van der Waals surface area (Å²) in [5.74, 6) is -0.852. The molecule has 3 rings (SSSR count). The zero-order valence-electron chi connectivity index (χ0n) is 13.3. The van der Waals surface area contributed by atoms with Crippen LogP contribution in [0.2, 0.25) is 0 Å². The fourth-order valence-electron chi connectivity index (χ4n) is 2.58. The number of carbonyl (C=O) groups excluding carboxylic acids is 1. The first-order chi connectivity index (χ1) is 12.3. The SMILES string of the molecule is O=C(NC[C@](O)(c1ccoc1)c1ccco1)c1ccccc1C(F)(F)F. The molecule has 0 aliphatic carbocycles. The number of furan rings is 2. The van der Waals surface area contributed by atoms with Crippen LogP contribution in [0.5, 0.6) is 0 Å². The summed E-state index contributed by atoms with van der Waals surface area (Å²) >= 11 is 0. The van der Waals surface area contributed by atoms with Crippen molar-refractivity contribution >= 4 is 5.91 Å². The molecular formula is C18H14F3NO4. The first-order valence-electron chi connectivity index (χ1n) is 7.56. The number of hydrogen-bond donors (Lipinski definition) is 2. The maximum absolute atomic E-state index is 13.1. The van der Waals surface area contributed by atoms with Gasteiger partial charge in [-0.2, -0.15) is 13.2 Å². The standard InChI is InChI=1S/C18H14F3NO4/c19-18(20,21)14-5-2-1-4-13(14)16(23)22-11-17(24,12-7-9-25-10-12)15-6-3-8-26-15/h1-10,24H,11H2,(H,22,23)/t17-/m0/s1. The minimum Gasteiger partial charge on any atom is -0.472 e. The molecule has 0 radical (unpaired) electrons. The van der Waals surface area contributed by atoms with Crippen LogP contribution in [0.25, 0.3) is 0 Å². The molecule has 3 aromatic rings. The topological polar surface area (TPSA) is 75.6 Å². The van der Waals surface area contributed by atoms with Crippen molar-refractivity contribution in [3.63, 3.8) is 0 Å². The van der Waals surface area contributed by atoms with Gasteiger partial charge in [-0.15, -0.1) is 0 Å². The van der Waals surface area contributed by atoms with Crippen molar-refractivity contribution in [2.75, 3.05) is 6.54 Å². The summed E-state index contributed by atoms with van der Waals surface area (Å²) in [6.45, 7) is -0.412. The number of nitrogens with one attached hydrogen (secondary N) is 1. The second kappa shape index (κ2) is 6.72. The van der Waals surface area contributed by atoms with Crippen molar-refractivity contribution in [3.8, 4) is 0 Å². The Morgan fingerprint density at radius 3 is 2.46 bits per heavy atom. The Labute approximate surface area is 146 Å². The number of carbonyl (C=O) groups is 1. The van der Waals surface area contributed by atoms with Crippen LogP contribution < -0.4 is 5.32 Å². The molecule has 1 aromatic carbocycles. The van der Waals surface area contributed by atoms with Crippen LogP contribution in [0.15, 0.2) is 70.1 Å². The summed E-state index contributed by atoms with van der Waals surface area (Å²) in [6.07, 6.45) is -0.751. The summed E-state index contributed by atoms with van der Waals surface area (Å²) in [4.78, 5) is 12.3. The third-order valence-corrected chi connectivity index (χ3v) is 3.91. The lowest BCUT2D eigenvalue weighted by Crippen LogP contribution is -2.41. The molecule has 2 heterocycles. The van der Waals surface area contributed by atoms with Crippen LogP contribution in [-0.4, -0.2) is 17.6 Å². The van der Waals surface area contributed by atoms with Crippen molar-refractivity contribution in [2.24, 2.45) is 0 Å². The minimum absolute atomic E-state index is 0.114. The van der Waals surface area contributed by atoms with Crippen LogP contribution in [0.1, 0.15) is 27.2 Å². The Kier molecular flexibility index (Phi) is 4.60. The van der Waals surface area contributed by atoms with Gasteiger partial charge >= 0.3 is 6.18 Å². The number of amides is 1. The molecule has 136 valence electrons. The molecule has 0 spiro atoms. The van der Waals surface area contributed by atoms with Gasteiger partial charge < -0.3 is 19.3 Å². The molecule has 0 unspecified atom stereocenters. The van der Waals surface area contributed by atoms with Gasteiger partial charge in [-0.25, -0.2) is 0 Å². The van der Waals surface area contributed by atoms with Gasteiger partial charge in [0.05, 0.1) is 36.5 Å². The van der Waals surface area contributed by atoms with E-state index in [-0.39, 0.29) is 11.3 Å². The average molecular weight is 365 g/mol. The molecule has 26 heavy (non-hydrogen) atoms. The molecule has 0 aliphatic rings. The van der Waals surface area contributed by atoms with E-state index in [9.17, 15) is 23.1 Å². The number of alkyl halides is 3. The van der Waals surface area contributed by atoms with Crippen LogP contribution in [0.4, 0.5) is 13.2 Å². The summed E-state index contributed by atoms with van der Waals surface area (Å²) in [5, 5.41) is 13.3. The summed E-state index contributed by atoms with van der Waals surface area (Å²) < 4.78 is 49.4. The van der Waals surface area contributed by atoms with Crippen LogP contribution in [0, 0.1) is 0 Å². The zero-order valence-corrected chi connectivity index (χ0v) is 13.3. The van der Waals surface area contributed by atoms with Crippen molar-refractivity contribution < 1.29 is 31.9 Å². The van der Waals surface area contributed by atoms with Gasteiger partial charge in [0.1, 0.15) is 5.76 Å². The predicted octanol–water partition coefficient (Wildman–Crippen LogP) is 3.56. The summed E-state index contributed by atoms with van der Waals surface area (Å²) in [7, 11) is 0. The largest absolute Gasteiger partial charge is 0.472 e. The van der Waals surface area contributed by atoms with Gasteiger partial charge in [-0.1, -0.05) is 12.1 Å². The van der Waals surface area contributed by atoms with Gasteiger partial charge in [0.2, 0.25) is 0 Å². The van der Waals surface area contributed by atoms with E-state index in [1.807, 2.05) is 0 Å². The first-order valence-corrected chi connectivity index (χ1v) is 7.56. The smallest absolute Gasteiger partial charge is 0.417 e. The fraction of sp³-hybridized carbons (Fsp3) is 0.167. The maximum atomic E-state index is 13.1. The monoisotopic (exact) mass is 365 g/mol. The Morgan fingerprint density at radius 2 is 1.85 bits per heavy atom. The molecule has 0 saturated carbocycles. The van der Waals surface area contributed by atoms with Crippen LogP contribution in [0.3, 0.4) is 0 Å². The van der Waals surface area contributed by atoms with Crippen LogP contribution in [-0.2, 0) is 11.8 Å². The lowest BCUT2D eigenvalue weighted by molar-refractivity contribution is -0.137. The Balaban J connectivity index is 1.86. The molecule has 1 amide bonds. The highest BCUT2D eigenvalue weighted by atomic mass is 19.4. The second-order valence-electron chi connectivity index (χ2n) is 5.58. The molecule has 0 aliphatic heterocycles. The van der Waals surface area contributed by atoms with Gasteiger partial charge in [0.25, 0.3) is 5.91 Å². The van der Waals surface area contributed by atoms with E-state index in [1.165, 1.54) is 43.1 Å². The Bertz CT molecular complexity index is 836. The third-order valence-electron chi connectivity index (χ3n) is 3.91. The first kappa shape index (κ1) is 17.8. The van der Waals surface area contributed by atoms with E-state index in [1.54, 1.807) is 6.07 Å². The maximum Gasteiger partial charge on any atom is 0.417 e. The van der Waals surface area contributed by atoms with Gasteiger partial charge in [-0.05, 0) is 30.3 Å². The van der Waals surface area contributed by atoms with E-state index in [4.69, 9.17) is 8.83 Å². The van der Waals surface area contributed by atoms with Crippen molar-refractivity contribution in [3.05, 3.63) is 83.7 Å². The Morgan fingerprint density at radius 1 is 1.08 bits per heavy atom. The lowest BCUT2D eigenvalue weighted by Gasteiger charge is -2.25. The van der Waals surface area contributed by atoms with E-state index >= 15 is 0 Å². The minimum atomic E-state index is -4.67. The molecule has 5 nitrogen and oxygen atoms in total. The van der Waals surface area contributed by atoms with E-state index in [0.29, 0.717) is 0 Å². The number of benzene rings is 1. The highest BCUT2D eigenvalue weighted by molar-refractivity contribution is 5.96. The average Bonchev–Trinajstić information content (AvgIpc) is 3.32. The molecule has 0 fully saturated rings. The third kappa shape index (κ3) is 3.36. The second-order valence-corrected chi connectivity index (χ2v) is 5.58. The van der Waals surface area contributed by atoms with Gasteiger partial charge in [0.15, 0.2) is 5.60 Å². The number of aliphatic hydroxyl groups is 1. The molecule has 2 aromatic heterocycles. The number of halogens is 3. The van der Waals surface area contributed by atoms with Crippen molar-refractivity contribution in [2.45, 2.75) is 11.8 Å². The van der Waals surface area contributed by atoms with Gasteiger partial charge in [0, 0.05) is 5.56 Å². The van der Waals surface area contributed by atoms with Crippen LogP contribution >= 0.6 is 0 Å². The number of hydrogen-bond acceptors (Lipinski definition) is 4. The molecule has 0 bridgehead atoms. The van der Waals surface area contributed by atoms with Gasteiger partial charge in [-0.3, -0.25) is 4.79 Å². The molecule has 0 saturated heterocycles. The predicted molar refractivity (Wildman–Crippen MR) is 84.2 cm³/mol. The zero-order chi connectivity index (χ0) is 18.8. The summed E-state index contributed by atoms with van der Waals surface area (Å²) in [6, 6.07) is 8.93. The highest BCUT2D eigenvalue weighted by Gasteiger charge is 2.38. The van der Waals surface area contributed by atoms with Crippen molar-refractivity contribution in [1.29, 1.82) is 0 Å². The molecule has 2 N–H and O–H groups in total. The normalized spacial score (nSPS) is 14.0. The molecule has 8 heteroatoms. The molecular weight excluding hydrogens is 351 g/mol. The Hall–Kier alpha value is -3.00. The molecule has 1 atom stereocenters. The fourth-order valence-corrected chi connectivity index (χ4v) is 2.58. The van der Waals surface area contributed by atoms with Crippen molar-refractivity contribution in [1.82, 2.24) is 5.32 Å². The van der Waals surface area contributed by atoms with E-state index in [0.717, 1.165) is 12.1 Å². The summed E-state index contributed by atoms with van der Waals surface area (Å²) in [5.41, 5.74) is -3.09. The lowest BCUT2D eigenvalue weighted by atomic mass is 9.93. The highest BCUT2D eigenvalue weighted by Crippen LogP contribution is 2.33.